The third kappa shape index (κ3) is 4.80. The van der Waals surface area contributed by atoms with Crippen LogP contribution in [0.3, 0.4) is 0 Å². The van der Waals surface area contributed by atoms with Gasteiger partial charge >= 0.3 is 0 Å². The van der Waals surface area contributed by atoms with Crippen LogP contribution in [-0.4, -0.2) is 27.0 Å². The summed E-state index contributed by atoms with van der Waals surface area (Å²) in [6.45, 7) is 5.23. The molecule has 0 radical (unpaired) electrons. The Balaban J connectivity index is 1.49. The molecule has 2 heterocycles. The van der Waals surface area contributed by atoms with Gasteiger partial charge in [-0.3, -0.25) is 9.78 Å². The van der Waals surface area contributed by atoms with Crippen LogP contribution in [0.25, 0.3) is 11.0 Å². The van der Waals surface area contributed by atoms with Crippen molar-refractivity contribution in [1.82, 2.24) is 19.9 Å². The SMILES string of the molecule is C=CCc1ccccc1OCCn1c(CNC(=O)c2cccnc2)nc2ccccc21. The molecule has 6 heteroatoms. The first-order valence-electron chi connectivity index (χ1n) is 10.2. The number of hydrogen-bond acceptors (Lipinski definition) is 4. The first-order valence-corrected chi connectivity index (χ1v) is 10.2. The van der Waals surface area contributed by atoms with Crippen molar-refractivity contribution in [3.05, 3.63) is 103 Å². The second kappa shape index (κ2) is 9.71. The van der Waals surface area contributed by atoms with Crippen molar-refractivity contribution in [2.45, 2.75) is 19.5 Å². The number of carbonyl (C=O) groups is 1. The minimum absolute atomic E-state index is 0.179. The predicted octanol–water partition coefficient (Wildman–Crippen LogP) is 4.17. The van der Waals surface area contributed by atoms with Crippen LogP contribution in [0.1, 0.15) is 21.7 Å². The van der Waals surface area contributed by atoms with Crippen molar-refractivity contribution in [1.29, 1.82) is 0 Å². The largest absolute Gasteiger partial charge is 0.491 e. The topological polar surface area (TPSA) is 69.0 Å². The summed E-state index contributed by atoms with van der Waals surface area (Å²) in [5.41, 5.74) is 3.53. The van der Waals surface area contributed by atoms with Crippen LogP contribution in [0.4, 0.5) is 0 Å². The maximum Gasteiger partial charge on any atom is 0.253 e. The monoisotopic (exact) mass is 412 g/mol. The molecule has 4 aromatic rings. The molecule has 1 amide bonds. The Morgan fingerprint density at radius 3 is 2.77 bits per heavy atom. The Hall–Kier alpha value is -3.93. The molecule has 31 heavy (non-hydrogen) atoms. The maximum atomic E-state index is 12.4. The molecule has 0 saturated heterocycles. The first kappa shape index (κ1) is 20.3. The summed E-state index contributed by atoms with van der Waals surface area (Å²) in [5.74, 6) is 1.46. The van der Waals surface area contributed by atoms with Gasteiger partial charge < -0.3 is 14.6 Å². The quantitative estimate of drug-likeness (QED) is 0.419. The van der Waals surface area contributed by atoms with Crippen molar-refractivity contribution in [3.63, 3.8) is 0 Å². The summed E-state index contributed by atoms with van der Waals surface area (Å²) in [6.07, 6.45) is 5.82. The third-order valence-corrected chi connectivity index (χ3v) is 4.97. The molecule has 0 atom stereocenters. The number of allylic oxidation sites excluding steroid dienone is 1. The fraction of sp³-hybridized carbons (Fsp3) is 0.160. The molecular formula is C25H24N4O2. The van der Waals surface area contributed by atoms with Gasteiger partial charge in [-0.05, 0) is 42.3 Å². The number of amides is 1. The lowest BCUT2D eigenvalue weighted by Gasteiger charge is -2.13. The van der Waals surface area contributed by atoms with E-state index in [-0.39, 0.29) is 5.91 Å². The number of nitrogens with zero attached hydrogens (tertiary/aromatic N) is 3. The lowest BCUT2D eigenvalue weighted by atomic mass is 10.1. The number of rotatable bonds is 9. The van der Waals surface area contributed by atoms with Gasteiger partial charge in [0.15, 0.2) is 0 Å². The number of benzene rings is 2. The molecule has 0 aliphatic rings. The Kier molecular flexibility index (Phi) is 6.38. The van der Waals surface area contributed by atoms with Gasteiger partial charge in [-0.25, -0.2) is 4.98 Å². The molecule has 6 nitrogen and oxygen atoms in total. The van der Waals surface area contributed by atoms with E-state index in [1.165, 1.54) is 0 Å². The van der Waals surface area contributed by atoms with Gasteiger partial charge in [0, 0.05) is 12.4 Å². The number of fused-ring (bicyclic) bond motifs is 1. The van der Waals surface area contributed by atoms with Crippen LogP contribution in [0.2, 0.25) is 0 Å². The molecule has 0 aliphatic carbocycles. The van der Waals surface area contributed by atoms with E-state index in [9.17, 15) is 4.79 Å². The molecule has 4 rings (SSSR count). The van der Waals surface area contributed by atoms with Crippen molar-refractivity contribution in [3.8, 4) is 5.75 Å². The van der Waals surface area contributed by atoms with Gasteiger partial charge in [-0.1, -0.05) is 36.4 Å². The van der Waals surface area contributed by atoms with E-state index in [0.717, 1.165) is 34.6 Å². The van der Waals surface area contributed by atoms with Crippen LogP contribution in [-0.2, 0) is 19.5 Å². The average molecular weight is 412 g/mol. The highest BCUT2D eigenvalue weighted by Crippen LogP contribution is 2.20. The lowest BCUT2D eigenvalue weighted by molar-refractivity contribution is 0.0949. The number of hydrogen-bond donors (Lipinski definition) is 1. The van der Waals surface area contributed by atoms with E-state index in [4.69, 9.17) is 9.72 Å². The summed E-state index contributed by atoms with van der Waals surface area (Å²) in [6, 6.07) is 19.4. The first-order chi connectivity index (χ1) is 15.3. The number of carbonyl (C=O) groups excluding carboxylic acids is 1. The fourth-order valence-electron chi connectivity index (χ4n) is 3.48. The normalized spacial score (nSPS) is 10.7. The third-order valence-electron chi connectivity index (χ3n) is 4.97. The molecule has 0 bridgehead atoms. The smallest absolute Gasteiger partial charge is 0.253 e. The van der Waals surface area contributed by atoms with Crippen molar-refractivity contribution < 1.29 is 9.53 Å². The average Bonchev–Trinajstić information content (AvgIpc) is 3.17. The van der Waals surface area contributed by atoms with E-state index < -0.39 is 0 Å². The van der Waals surface area contributed by atoms with Gasteiger partial charge in [-0.15, -0.1) is 6.58 Å². The van der Waals surface area contributed by atoms with Crippen molar-refractivity contribution >= 4 is 16.9 Å². The van der Waals surface area contributed by atoms with E-state index in [1.807, 2.05) is 54.6 Å². The summed E-state index contributed by atoms with van der Waals surface area (Å²) >= 11 is 0. The van der Waals surface area contributed by atoms with Gasteiger partial charge in [-0.2, -0.15) is 0 Å². The molecule has 0 fully saturated rings. The predicted molar refractivity (Wildman–Crippen MR) is 121 cm³/mol. The highest BCUT2D eigenvalue weighted by molar-refractivity contribution is 5.93. The Morgan fingerprint density at radius 2 is 1.94 bits per heavy atom. The van der Waals surface area contributed by atoms with Crippen LogP contribution in [0, 0.1) is 0 Å². The minimum Gasteiger partial charge on any atom is -0.491 e. The Labute approximate surface area is 181 Å². The summed E-state index contributed by atoms with van der Waals surface area (Å²) < 4.78 is 8.16. The molecule has 0 aliphatic heterocycles. The van der Waals surface area contributed by atoms with Gasteiger partial charge in [0.05, 0.1) is 29.7 Å². The highest BCUT2D eigenvalue weighted by Gasteiger charge is 2.13. The summed E-state index contributed by atoms with van der Waals surface area (Å²) in [4.78, 5) is 21.1. The second-order valence-electron chi connectivity index (χ2n) is 7.04. The number of para-hydroxylation sites is 3. The van der Waals surface area contributed by atoms with E-state index in [2.05, 4.69) is 21.4 Å². The summed E-state index contributed by atoms with van der Waals surface area (Å²) in [7, 11) is 0. The molecule has 0 saturated carbocycles. The zero-order valence-electron chi connectivity index (χ0n) is 17.2. The fourth-order valence-corrected chi connectivity index (χ4v) is 3.48. The lowest BCUT2D eigenvalue weighted by Crippen LogP contribution is -2.25. The molecule has 2 aromatic carbocycles. The summed E-state index contributed by atoms with van der Waals surface area (Å²) in [5, 5.41) is 2.94. The van der Waals surface area contributed by atoms with Crippen molar-refractivity contribution in [2.75, 3.05) is 6.61 Å². The van der Waals surface area contributed by atoms with Crippen LogP contribution in [0.5, 0.6) is 5.75 Å². The van der Waals surface area contributed by atoms with Crippen molar-refractivity contribution in [2.24, 2.45) is 0 Å². The van der Waals surface area contributed by atoms with Gasteiger partial charge in [0.1, 0.15) is 18.2 Å². The second-order valence-corrected chi connectivity index (χ2v) is 7.04. The zero-order valence-corrected chi connectivity index (χ0v) is 17.2. The van der Waals surface area contributed by atoms with E-state index >= 15 is 0 Å². The molecule has 0 spiro atoms. The number of aromatic nitrogens is 3. The number of pyridine rings is 1. The zero-order chi connectivity index (χ0) is 21.5. The highest BCUT2D eigenvalue weighted by atomic mass is 16.5. The van der Waals surface area contributed by atoms with Gasteiger partial charge in [0.2, 0.25) is 0 Å². The van der Waals surface area contributed by atoms with Crippen LogP contribution in [0.15, 0.2) is 85.7 Å². The van der Waals surface area contributed by atoms with Crippen LogP contribution < -0.4 is 10.1 Å². The molecule has 156 valence electrons. The number of nitrogens with one attached hydrogen (secondary N) is 1. The Morgan fingerprint density at radius 1 is 1.10 bits per heavy atom. The Bertz CT molecular complexity index is 1180. The van der Waals surface area contributed by atoms with Gasteiger partial charge in [0.25, 0.3) is 5.91 Å². The molecule has 0 unspecified atom stereocenters. The van der Waals surface area contributed by atoms with E-state index in [0.29, 0.717) is 25.3 Å². The molecule has 2 aromatic heterocycles. The molecule has 1 N–H and O–H groups in total. The van der Waals surface area contributed by atoms with E-state index in [1.54, 1.807) is 24.5 Å². The minimum atomic E-state index is -0.179. The number of ether oxygens (including phenoxy) is 1. The molecular weight excluding hydrogens is 388 g/mol. The number of imidazole rings is 1. The van der Waals surface area contributed by atoms with Crippen LogP contribution >= 0.6 is 0 Å². The standard InChI is InChI=1S/C25H24N4O2/c1-2-8-19-9-3-6-13-23(19)31-16-15-29-22-12-5-4-11-21(22)28-24(29)18-27-25(30)20-10-7-14-26-17-20/h2-7,9-14,17H,1,8,15-16,18H2,(H,27,30). The maximum absolute atomic E-state index is 12.4.